The maximum atomic E-state index is 6.29. The molecule has 0 aliphatic carbocycles. The summed E-state index contributed by atoms with van der Waals surface area (Å²) in [7, 11) is 0. The van der Waals surface area contributed by atoms with Crippen LogP contribution >= 0.6 is 0 Å². The van der Waals surface area contributed by atoms with Crippen LogP contribution < -0.4 is 5.73 Å². The van der Waals surface area contributed by atoms with Gasteiger partial charge in [-0.05, 0) is 18.2 Å². The van der Waals surface area contributed by atoms with E-state index < -0.39 is 0 Å². The van der Waals surface area contributed by atoms with Crippen molar-refractivity contribution in [1.29, 1.82) is 0 Å². The molecule has 1 unspecified atom stereocenters. The van der Waals surface area contributed by atoms with Gasteiger partial charge in [0.25, 0.3) is 0 Å². The molecule has 18 heavy (non-hydrogen) atoms. The average Bonchev–Trinajstić information content (AvgIpc) is 3.04. The first-order valence-corrected chi connectivity index (χ1v) is 6.10. The van der Waals surface area contributed by atoms with Gasteiger partial charge in [-0.2, -0.15) is 0 Å². The zero-order valence-electron chi connectivity index (χ0n) is 10.2. The number of furan rings is 2. The third kappa shape index (κ3) is 1.64. The lowest BCUT2D eigenvalue weighted by molar-refractivity contribution is 0.481. The van der Waals surface area contributed by atoms with E-state index in [-0.39, 0.29) is 6.04 Å². The van der Waals surface area contributed by atoms with Crippen LogP contribution in [0.2, 0.25) is 0 Å². The Kier molecular flexibility index (Phi) is 2.68. The van der Waals surface area contributed by atoms with Crippen molar-refractivity contribution in [3.8, 4) is 0 Å². The molecule has 92 valence electrons. The van der Waals surface area contributed by atoms with Gasteiger partial charge in [-0.1, -0.05) is 25.1 Å². The lowest BCUT2D eigenvalue weighted by Gasteiger charge is -2.09. The number of benzene rings is 1. The van der Waals surface area contributed by atoms with Crippen LogP contribution in [-0.2, 0) is 6.42 Å². The minimum absolute atomic E-state index is 0.279. The second-order valence-corrected chi connectivity index (χ2v) is 4.28. The van der Waals surface area contributed by atoms with Crippen LogP contribution in [0.5, 0.6) is 0 Å². The van der Waals surface area contributed by atoms with E-state index in [1.165, 1.54) is 0 Å². The summed E-state index contributed by atoms with van der Waals surface area (Å²) in [6.07, 6.45) is 2.46. The topological polar surface area (TPSA) is 52.3 Å². The minimum atomic E-state index is -0.279. The molecule has 2 heterocycles. The first-order chi connectivity index (χ1) is 8.81. The van der Waals surface area contributed by atoms with Crippen molar-refractivity contribution in [2.45, 2.75) is 19.4 Å². The minimum Gasteiger partial charge on any atom is -0.467 e. The molecule has 3 heteroatoms. The molecule has 3 rings (SSSR count). The smallest absolute Gasteiger partial charge is 0.134 e. The van der Waals surface area contributed by atoms with E-state index in [9.17, 15) is 0 Å². The molecule has 3 aromatic rings. The van der Waals surface area contributed by atoms with Crippen molar-refractivity contribution < 1.29 is 8.83 Å². The summed E-state index contributed by atoms with van der Waals surface area (Å²) in [6, 6.07) is 11.4. The van der Waals surface area contributed by atoms with E-state index in [0.29, 0.717) is 0 Å². The first kappa shape index (κ1) is 11.1. The Morgan fingerprint density at radius 3 is 2.72 bits per heavy atom. The van der Waals surface area contributed by atoms with Crippen molar-refractivity contribution in [2.75, 3.05) is 0 Å². The molecule has 0 fully saturated rings. The van der Waals surface area contributed by atoms with Gasteiger partial charge in [0, 0.05) is 17.4 Å². The van der Waals surface area contributed by atoms with Crippen molar-refractivity contribution >= 4 is 11.0 Å². The standard InChI is InChI=1S/C15H15NO2/c1-2-11-14(15(16)13-8-5-9-17-13)10-6-3-4-7-12(10)18-11/h3-9,15H,2,16H2,1H3. The highest BCUT2D eigenvalue weighted by atomic mass is 16.3. The van der Waals surface area contributed by atoms with Crippen molar-refractivity contribution in [2.24, 2.45) is 5.73 Å². The third-order valence-corrected chi connectivity index (χ3v) is 3.19. The Hall–Kier alpha value is -2.00. The molecule has 0 aliphatic heterocycles. The van der Waals surface area contributed by atoms with Crippen molar-refractivity contribution in [3.05, 3.63) is 59.7 Å². The molecule has 0 radical (unpaired) electrons. The van der Waals surface area contributed by atoms with E-state index in [0.717, 1.165) is 34.5 Å². The quantitative estimate of drug-likeness (QED) is 0.761. The average molecular weight is 241 g/mol. The molecule has 2 aromatic heterocycles. The molecular weight excluding hydrogens is 226 g/mol. The molecule has 0 aliphatic rings. The van der Waals surface area contributed by atoms with Crippen LogP contribution in [0, 0.1) is 0 Å². The lowest BCUT2D eigenvalue weighted by Crippen LogP contribution is -2.12. The summed E-state index contributed by atoms with van der Waals surface area (Å²) in [4.78, 5) is 0. The number of hydrogen-bond donors (Lipinski definition) is 1. The Bertz CT molecular complexity index is 652. The zero-order chi connectivity index (χ0) is 12.5. The highest BCUT2D eigenvalue weighted by Gasteiger charge is 2.21. The van der Waals surface area contributed by atoms with Crippen molar-refractivity contribution in [1.82, 2.24) is 0 Å². The predicted molar refractivity (Wildman–Crippen MR) is 70.3 cm³/mol. The number of para-hydroxylation sites is 1. The maximum Gasteiger partial charge on any atom is 0.134 e. The molecule has 0 spiro atoms. The fourth-order valence-electron chi connectivity index (χ4n) is 2.33. The lowest BCUT2D eigenvalue weighted by atomic mass is 10.0. The fourth-order valence-corrected chi connectivity index (χ4v) is 2.33. The SMILES string of the molecule is CCc1oc2ccccc2c1C(N)c1ccco1. The monoisotopic (exact) mass is 241 g/mol. The van der Waals surface area contributed by atoms with Crippen LogP contribution in [0.1, 0.15) is 30.0 Å². The molecule has 0 saturated carbocycles. The Morgan fingerprint density at radius 1 is 1.17 bits per heavy atom. The summed E-state index contributed by atoms with van der Waals surface area (Å²) in [5.41, 5.74) is 8.21. The van der Waals surface area contributed by atoms with Gasteiger partial charge in [0.15, 0.2) is 0 Å². The molecule has 2 N–H and O–H groups in total. The van der Waals surface area contributed by atoms with Gasteiger partial charge < -0.3 is 14.6 Å². The van der Waals surface area contributed by atoms with Gasteiger partial charge in [0.2, 0.25) is 0 Å². The normalized spacial score (nSPS) is 13.0. The second-order valence-electron chi connectivity index (χ2n) is 4.28. The number of hydrogen-bond acceptors (Lipinski definition) is 3. The largest absolute Gasteiger partial charge is 0.467 e. The highest BCUT2D eigenvalue weighted by molar-refractivity contribution is 5.83. The number of aryl methyl sites for hydroxylation is 1. The number of rotatable bonds is 3. The van der Waals surface area contributed by atoms with Gasteiger partial charge >= 0.3 is 0 Å². The Morgan fingerprint density at radius 2 is 2.00 bits per heavy atom. The third-order valence-electron chi connectivity index (χ3n) is 3.19. The molecule has 3 nitrogen and oxygen atoms in total. The summed E-state index contributed by atoms with van der Waals surface area (Å²) >= 11 is 0. The van der Waals surface area contributed by atoms with E-state index in [1.54, 1.807) is 6.26 Å². The first-order valence-electron chi connectivity index (χ1n) is 6.10. The Balaban J connectivity index is 2.20. The summed E-state index contributed by atoms with van der Waals surface area (Å²) in [5, 5.41) is 1.07. The molecule has 0 amide bonds. The molecule has 0 bridgehead atoms. The number of fused-ring (bicyclic) bond motifs is 1. The maximum absolute atomic E-state index is 6.29. The van der Waals surface area contributed by atoms with E-state index in [1.807, 2.05) is 36.4 Å². The molecule has 1 aromatic carbocycles. The van der Waals surface area contributed by atoms with E-state index in [2.05, 4.69) is 6.92 Å². The highest BCUT2D eigenvalue weighted by Crippen LogP contribution is 2.33. The van der Waals surface area contributed by atoms with Gasteiger partial charge in [-0.25, -0.2) is 0 Å². The predicted octanol–water partition coefficient (Wildman–Crippen LogP) is 3.64. The van der Waals surface area contributed by atoms with Crippen LogP contribution in [0.15, 0.2) is 51.5 Å². The molecule has 0 saturated heterocycles. The zero-order valence-corrected chi connectivity index (χ0v) is 10.2. The van der Waals surface area contributed by atoms with Crippen molar-refractivity contribution in [3.63, 3.8) is 0 Å². The summed E-state index contributed by atoms with van der Waals surface area (Å²) < 4.78 is 11.2. The van der Waals surface area contributed by atoms with Crippen LogP contribution in [-0.4, -0.2) is 0 Å². The van der Waals surface area contributed by atoms with Gasteiger partial charge in [0.05, 0.1) is 12.3 Å². The fraction of sp³-hybridized carbons (Fsp3) is 0.200. The van der Waals surface area contributed by atoms with Crippen LogP contribution in [0.3, 0.4) is 0 Å². The number of nitrogens with two attached hydrogens (primary N) is 1. The van der Waals surface area contributed by atoms with Gasteiger partial charge in [-0.15, -0.1) is 0 Å². The Labute approximate surface area is 105 Å². The second kappa shape index (κ2) is 4.35. The summed E-state index contributed by atoms with van der Waals surface area (Å²) in [6.45, 7) is 2.07. The molecular formula is C15H15NO2. The van der Waals surface area contributed by atoms with E-state index >= 15 is 0 Å². The van der Waals surface area contributed by atoms with Gasteiger partial charge in [0.1, 0.15) is 17.1 Å². The van der Waals surface area contributed by atoms with Crippen LogP contribution in [0.25, 0.3) is 11.0 Å². The summed E-state index contributed by atoms with van der Waals surface area (Å²) in [5.74, 6) is 1.69. The molecule has 1 atom stereocenters. The van der Waals surface area contributed by atoms with E-state index in [4.69, 9.17) is 14.6 Å². The van der Waals surface area contributed by atoms with Gasteiger partial charge in [-0.3, -0.25) is 0 Å². The van der Waals surface area contributed by atoms with Crippen LogP contribution in [0.4, 0.5) is 0 Å².